The molecule has 2 heterocycles. The molecule has 0 saturated heterocycles. The number of rotatable bonds is 0. The van der Waals surface area contributed by atoms with E-state index in [9.17, 15) is 10.0 Å². The number of nitrogens with zero attached hydrogens (tertiary/aromatic N) is 2. The van der Waals surface area contributed by atoms with Gasteiger partial charge in [-0.1, -0.05) is 0 Å². The smallest absolute Gasteiger partial charge is 0.410 e. The van der Waals surface area contributed by atoms with Crippen molar-refractivity contribution in [3.8, 4) is 0 Å². The van der Waals surface area contributed by atoms with Gasteiger partial charge in [-0.25, -0.2) is 4.79 Å². The number of hydrogen-bond acceptors (Lipinski definition) is 3. The van der Waals surface area contributed by atoms with Gasteiger partial charge < -0.3 is 9.94 Å². The molecular formula is C13H18N2O3. The first-order valence-electron chi connectivity index (χ1n) is 6.05. The maximum atomic E-state index is 11.9. The Kier molecular flexibility index (Phi) is 3.15. The fraction of sp³-hybridized carbons (Fsp3) is 0.538. The summed E-state index contributed by atoms with van der Waals surface area (Å²) >= 11 is 0. The summed E-state index contributed by atoms with van der Waals surface area (Å²) in [6, 6.07) is 3.66. The maximum Gasteiger partial charge on any atom is 0.410 e. The molecule has 18 heavy (non-hydrogen) atoms. The van der Waals surface area contributed by atoms with Crippen LogP contribution in [0.15, 0.2) is 18.3 Å². The first-order valence-corrected chi connectivity index (χ1v) is 6.05. The van der Waals surface area contributed by atoms with Crippen LogP contribution < -0.4 is 4.73 Å². The highest BCUT2D eigenvalue weighted by molar-refractivity contribution is 5.68. The third-order valence-electron chi connectivity index (χ3n) is 2.80. The average molecular weight is 250 g/mol. The van der Waals surface area contributed by atoms with E-state index in [0.29, 0.717) is 25.2 Å². The summed E-state index contributed by atoms with van der Waals surface area (Å²) in [5.41, 5.74) is 1.13. The summed E-state index contributed by atoms with van der Waals surface area (Å²) in [6.07, 6.45) is 1.78. The zero-order valence-electron chi connectivity index (χ0n) is 11.0. The standard InChI is InChI=1S/C13H18N2O3/c1-13(2,3)18-12(16)14-8-6-10-5-4-7-15(17)11(10)9-14/h4-5,7H,6,8-9H2,1-3H3. The summed E-state index contributed by atoms with van der Waals surface area (Å²) in [7, 11) is 0. The van der Waals surface area contributed by atoms with Gasteiger partial charge in [0, 0.05) is 18.2 Å². The lowest BCUT2D eigenvalue weighted by Crippen LogP contribution is -2.45. The topological polar surface area (TPSA) is 56.5 Å². The molecule has 0 saturated carbocycles. The first-order chi connectivity index (χ1) is 8.37. The molecule has 2 rings (SSSR count). The van der Waals surface area contributed by atoms with E-state index in [2.05, 4.69) is 0 Å². The van der Waals surface area contributed by atoms with Crippen LogP contribution in [-0.4, -0.2) is 23.1 Å². The number of hydrogen-bond donors (Lipinski definition) is 0. The molecule has 0 aliphatic carbocycles. The van der Waals surface area contributed by atoms with E-state index >= 15 is 0 Å². The lowest BCUT2D eigenvalue weighted by Gasteiger charge is -2.29. The fourth-order valence-corrected chi connectivity index (χ4v) is 1.96. The molecule has 5 heteroatoms. The van der Waals surface area contributed by atoms with Crippen molar-refractivity contribution in [1.82, 2.24) is 4.90 Å². The molecule has 0 bridgehead atoms. The Morgan fingerprint density at radius 1 is 1.50 bits per heavy atom. The predicted molar refractivity (Wildman–Crippen MR) is 65.8 cm³/mol. The molecule has 1 aromatic rings. The lowest BCUT2D eigenvalue weighted by molar-refractivity contribution is -0.616. The molecule has 0 radical (unpaired) electrons. The molecule has 1 amide bonds. The van der Waals surface area contributed by atoms with Crippen molar-refractivity contribution in [2.45, 2.75) is 39.3 Å². The van der Waals surface area contributed by atoms with Crippen molar-refractivity contribution in [2.75, 3.05) is 6.54 Å². The molecule has 1 aliphatic rings. The summed E-state index contributed by atoms with van der Waals surface area (Å²) < 4.78 is 6.13. The molecule has 0 N–H and O–H groups in total. The number of carbonyl (C=O) groups excluding carboxylic acids is 1. The molecule has 98 valence electrons. The SMILES string of the molecule is CC(C)(C)OC(=O)N1CCc2ccc[n+]([O-])c2C1. The second kappa shape index (κ2) is 4.48. The van der Waals surface area contributed by atoms with E-state index in [4.69, 9.17) is 4.74 Å². The summed E-state index contributed by atoms with van der Waals surface area (Å²) in [6.45, 7) is 6.39. The molecule has 1 aromatic heterocycles. The van der Waals surface area contributed by atoms with Gasteiger partial charge >= 0.3 is 6.09 Å². The highest BCUT2D eigenvalue weighted by Crippen LogP contribution is 2.18. The average Bonchev–Trinajstić information content (AvgIpc) is 2.27. The Labute approximate surface area is 107 Å². The van der Waals surface area contributed by atoms with E-state index in [1.807, 2.05) is 26.8 Å². The van der Waals surface area contributed by atoms with Crippen molar-refractivity contribution in [1.29, 1.82) is 0 Å². The predicted octanol–water partition coefficient (Wildman–Crippen LogP) is 1.61. The largest absolute Gasteiger partial charge is 0.618 e. The second-order valence-electron chi connectivity index (χ2n) is 5.46. The third-order valence-corrected chi connectivity index (χ3v) is 2.80. The highest BCUT2D eigenvalue weighted by atomic mass is 16.6. The van der Waals surface area contributed by atoms with Crippen LogP contribution >= 0.6 is 0 Å². The molecular weight excluding hydrogens is 232 g/mol. The van der Waals surface area contributed by atoms with Gasteiger partial charge in [-0.3, -0.25) is 4.90 Å². The van der Waals surface area contributed by atoms with Gasteiger partial charge in [0.2, 0.25) is 5.69 Å². The van der Waals surface area contributed by atoms with E-state index < -0.39 is 5.60 Å². The number of ether oxygens (including phenoxy) is 1. The maximum absolute atomic E-state index is 11.9. The normalized spacial score (nSPS) is 15.2. The molecule has 5 nitrogen and oxygen atoms in total. The van der Waals surface area contributed by atoms with Gasteiger partial charge in [0.1, 0.15) is 12.1 Å². The molecule has 0 atom stereocenters. The fourth-order valence-electron chi connectivity index (χ4n) is 1.96. The molecule has 0 unspecified atom stereocenters. The summed E-state index contributed by atoms with van der Waals surface area (Å²) in [5, 5.41) is 11.7. The Morgan fingerprint density at radius 2 is 2.22 bits per heavy atom. The second-order valence-corrected chi connectivity index (χ2v) is 5.46. The van der Waals surface area contributed by atoms with Crippen molar-refractivity contribution in [3.63, 3.8) is 0 Å². The highest BCUT2D eigenvalue weighted by Gasteiger charge is 2.29. The summed E-state index contributed by atoms with van der Waals surface area (Å²) in [5.74, 6) is 0. The van der Waals surface area contributed by atoms with Gasteiger partial charge in [-0.2, -0.15) is 4.73 Å². The minimum absolute atomic E-state index is 0.314. The summed E-state index contributed by atoms with van der Waals surface area (Å²) in [4.78, 5) is 13.5. The minimum atomic E-state index is -0.512. The number of carbonyl (C=O) groups is 1. The zero-order chi connectivity index (χ0) is 13.3. The van der Waals surface area contributed by atoms with Crippen molar-refractivity contribution in [2.24, 2.45) is 0 Å². The van der Waals surface area contributed by atoms with Crippen LogP contribution in [0.2, 0.25) is 0 Å². The van der Waals surface area contributed by atoms with Gasteiger partial charge in [0.15, 0.2) is 6.20 Å². The molecule has 1 aliphatic heterocycles. The van der Waals surface area contributed by atoms with E-state index in [1.54, 1.807) is 11.0 Å². The van der Waals surface area contributed by atoms with Gasteiger partial charge in [0.25, 0.3) is 0 Å². The number of aromatic nitrogens is 1. The minimum Gasteiger partial charge on any atom is -0.618 e. The number of amides is 1. The van der Waals surface area contributed by atoms with E-state index in [-0.39, 0.29) is 6.09 Å². The van der Waals surface area contributed by atoms with Crippen molar-refractivity contribution >= 4 is 6.09 Å². The zero-order valence-corrected chi connectivity index (χ0v) is 11.0. The van der Waals surface area contributed by atoms with Crippen LogP contribution in [0.3, 0.4) is 0 Å². The van der Waals surface area contributed by atoms with Crippen molar-refractivity contribution in [3.05, 3.63) is 34.8 Å². The van der Waals surface area contributed by atoms with Crippen LogP contribution in [0.4, 0.5) is 4.79 Å². The van der Waals surface area contributed by atoms with E-state index in [0.717, 1.165) is 10.3 Å². The van der Waals surface area contributed by atoms with Gasteiger partial charge in [-0.15, -0.1) is 0 Å². The Bertz CT molecular complexity index is 466. The van der Waals surface area contributed by atoms with Crippen LogP contribution in [0.5, 0.6) is 0 Å². The van der Waals surface area contributed by atoms with Crippen molar-refractivity contribution < 1.29 is 14.3 Å². The van der Waals surface area contributed by atoms with Crippen LogP contribution in [0.25, 0.3) is 0 Å². The monoisotopic (exact) mass is 250 g/mol. The van der Waals surface area contributed by atoms with Crippen LogP contribution in [-0.2, 0) is 17.7 Å². The third kappa shape index (κ3) is 2.72. The molecule has 0 aromatic carbocycles. The lowest BCUT2D eigenvalue weighted by atomic mass is 10.1. The Balaban J connectivity index is 2.12. The first kappa shape index (κ1) is 12.7. The number of fused-ring (bicyclic) bond motifs is 1. The Hall–Kier alpha value is -1.78. The Morgan fingerprint density at radius 3 is 2.89 bits per heavy atom. The molecule has 0 fully saturated rings. The molecule has 0 spiro atoms. The van der Waals surface area contributed by atoms with Crippen LogP contribution in [0, 0.1) is 5.21 Å². The van der Waals surface area contributed by atoms with Gasteiger partial charge in [0.05, 0.1) is 0 Å². The van der Waals surface area contributed by atoms with E-state index in [1.165, 1.54) is 6.20 Å². The van der Waals surface area contributed by atoms with Gasteiger partial charge in [-0.05, 0) is 33.3 Å². The van der Waals surface area contributed by atoms with Crippen LogP contribution in [0.1, 0.15) is 32.0 Å². The quantitative estimate of drug-likeness (QED) is 0.519. The number of pyridine rings is 1.